The number of hydrogen-bond donors (Lipinski definition) is 0. The van der Waals surface area contributed by atoms with Gasteiger partial charge in [-0.25, -0.2) is 9.79 Å². The van der Waals surface area contributed by atoms with Crippen molar-refractivity contribution >= 4 is 52.2 Å². The second-order valence-electron chi connectivity index (χ2n) is 10.8. The summed E-state index contributed by atoms with van der Waals surface area (Å²) in [6.07, 6.45) is 1.91. The molecule has 2 aliphatic heterocycles. The van der Waals surface area contributed by atoms with Crippen molar-refractivity contribution in [2.75, 3.05) is 25.2 Å². The molecule has 2 aliphatic rings. The Morgan fingerprint density at radius 2 is 1.63 bits per heavy atom. The number of hydrogen-bond acceptors (Lipinski definition) is 8. The van der Waals surface area contributed by atoms with Gasteiger partial charge in [0.25, 0.3) is 5.56 Å². The third-order valence-electron chi connectivity index (χ3n) is 7.97. The second kappa shape index (κ2) is 12.5. The SMILES string of the molecule is CCOC(=O)C1=C(c2ccccc2)N=c2s/c(=C\c3ccc4c(c3)Sc3ccccc3N4C)c(=O)n2[C@@H]1c1ccc(OCC)cc1. The molecular weight excluding hydrogens is 615 g/mol. The van der Waals surface area contributed by atoms with E-state index in [1.165, 1.54) is 21.9 Å². The van der Waals surface area contributed by atoms with E-state index < -0.39 is 12.0 Å². The first kappa shape index (κ1) is 29.8. The number of ether oxygens (including phenoxy) is 2. The van der Waals surface area contributed by atoms with Crippen LogP contribution in [0.15, 0.2) is 122 Å². The predicted molar refractivity (Wildman–Crippen MR) is 184 cm³/mol. The zero-order valence-corrected chi connectivity index (χ0v) is 27.2. The number of para-hydroxylation sites is 1. The molecule has 3 heterocycles. The lowest BCUT2D eigenvalue weighted by Gasteiger charge is -2.29. The fourth-order valence-electron chi connectivity index (χ4n) is 5.87. The lowest BCUT2D eigenvalue weighted by atomic mass is 9.93. The number of thiazole rings is 1. The molecule has 0 N–H and O–H groups in total. The average Bonchev–Trinajstić information content (AvgIpc) is 3.39. The number of esters is 1. The van der Waals surface area contributed by atoms with Gasteiger partial charge in [0, 0.05) is 22.4 Å². The van der Waals surface area contributed by atoms with Crippen molar-refractivity contribution in [1.82, 2.24) is 4.57 Å². The van der Waals surface area contributed by atoms with E-state index in [1.54, 1.807) is 23.3 Å². The van der Waals surface area contributed by atoms with Crippen molar-refractivity contribution in [3.63, 3.8) is 0 Å². The van der Waals surface area contributed by atoms with Gasteiger partial charge in [-0.1, -0.05) is 83.8 Å². The highest BCUT2D eigenvalue weighted by atomic mass is 32.2. The Morgan fingerprint density at radius 3 is 2.39 bits per heavy atom. The van der Waals surface area contributed by atoms with Crippen LogP contribution >= 0.6 is 23.1 Å². The highest BCUT2D eigenvalue weighted by Gasteiger charge is 2.35. The summed E-state index contributed by atoms with van der Waals surface area (Å²) in [6, 6.07) is 30.9. The van der Waals surface area contributed by atoms with Crippen LogP contribution in [0.4, 0.5) is 11.4 Å². The third-order valence-corrected chi connectivity index (χ3v) is 10.1. The summed E-state index contributed by atoms with van der Waals surface area (Å²) >= 11 is 3.04. The summed E-state index contributed by atoms with van der Waals surface area (Å²) in [6.45, 7) is 4.43. The number of carbonyl (C=O) groups is 1. The number of rotatable bonds is 7. The summed E-state index contributed by atoms with van der Waals surface area (Å²) in [5, 5.41) is 0. The maximum atomic E-state index is 14.3. The maximum absolute atomic E-state index is 14.3. The molecule has 1 atom stereocenters. The van der Waals surface area contributed by atoms with Crippen LogP contribution in [-0.2, 0) is 9.53 Å². The van der Waals surface area contributed by atoms with E-state index in [4.69, 9.17) is 14.5 Å². The Morgan fingerprint density at radius 1 is 0.891 bits per heavy atom. The number of anilines is 2. The van der Waals surface area contributed by atoms with E-state index in [-0.39, 0.29) is 12.2 Å². The molecule has 230 valence electrons. The van der Waals surface area contributed by atoms with Gasteiger partial charge < -0.3 is 14.4 Å². The molecule has 0 bridgehead atoms. The molecule has 0 radical (unpaired) electrons. The molecule has 9 heteroatoms. The quantitative estimate of drug-likeness (QED) is 0.187. The number of fused-ring (bicyclic) bond motifs is 3. The third kappa shape index (κ3) is 5.35. The molecule has 0 saturated carbocycles. The van der Waals surface area contributed by atoms with Crippen LogP contribution in [0.2, 0.25) is 0 Å². The monoisotopic (exact) mass is 645 g/mol. The van der Waals surface area contributed by atoms with Gasteiger partial charge in [0.15, 0.2) is 4.80 Å². The fourth-order valence-corrected chi connectivity index (χ4v) is 8.07. The number of carbonyl (C=O) groups excluding carboxylic acids is 1. The topological polar surface area (TPSA) is 73.1 Å². The van der Waals surface area contributed by atoms with Crippen LogP contribution in [0.3, 0.4) is 0 Å². The van der Waals surface area contributed by atoms with Crippen LogP contribution in [0.5, 0.6) is 5.75 Å². The highest BCUT2D eigenvalue weighted by Crippen LogP contribution is 2.47. The van der Waals surface area contributed by atoms with Gasteiger partial charge in [-0.2, -0.15) is 0 Å². The summed E-state index contributed by atoms with van der Waals surface area (Å²) in [5.41, 5.74) is 5.33. The number of aromatic nitrogens is 1. The summed E-state index contributed by atoms with van der Waals surface area (Å²) in [7, 11) is 2.07. The number of benzene rings is 4. The molecule has 0 amide bonds. The second-order valence-corrected chi connectivity index (χ2v) is 12.9. The molecule has 46 heavy (non-hydrogen) atoms. The van der Waals surface area contributed by atoms with E-state index in [1.807, 2.05) is 85.8 Å². The molecule has 4 aromatic carbocycles. The minimum atomic E-state index is -0.743. The van der Waals surface area contributed by atoms with Crippen molar-refractivity contribution in [3.05, 3.63) is 139 Å². The maximum Gasteiger partial charge on any atom is 0.338 e. The van der Waals surface area contributed by atoms with Crippen LogP contribution in [0.1, 0.15) is 36.6 Å². The Hall–Kier alpha value is -4.86. The van der Waals surface area contributed by atoms with E-state index in [0.29, 0.717) is 33.0 Å². The molecule has 1 aromatic heterocycles. The Labute approximate surface area is 274 Å². The van der Waals surface area contributed by atoms with Crippen LogP contribution < -0.4 is 24.5 Å². The van der Waals surface area contributed by atoms with E-state index >= 15 is 0 Å². The first-order valence-corrected chi connectivity index (χ1v) is 16.8. The minimum Gasteiger partial charge on any atom is -0.494 e. The minimum absolute atomic E-state index is 0.195. The van der Waals surface area contributed by atoms with Gasteiger partial charge in [-0.15, -0.1) is 0 Å². The normalized spacial score (nSPS) is 15.5. The smallest absolute Gasteiger partial charge is 0.338 e. The molecule has 7 nitrogen and oxygen atoms in total. The molecule has 0 saturated heterocycles. The molecular formula is C37H31N3O4S2. The fraction of sp³-hybridized carbons (Fsp3) is 0.162. The van der Waals surface area contributed by atoms with Crippen molar-refractivity contribution in [1.29, 1.82) is 0 Å². The van der Waals surface area contributed by atoms with Gasteiger partial charge >= 0.3 is 5.97 Å². The van der Waals surface area contributed by atoms with Crippen molar-refractivity contribution in [3.8, 4) is 5.75 Å². The highest BCUT2D eigenvalue weighted by molar-refractivity contribution is 7.99. The summed E-state index contributed by atoms with van der Waals surface area (Å²) < 4.78 is 13.4. The van der Waals surface area contributed by atoms with Crippen molar-refractivity contribution in [2.45, 2.75) is 29.7 Å². The van der Waals surface area contributed by atoms with Crippen LogP contribution in [-0.4, -0.2) is 30.8 Å². The molecule has 0 unspecified atom stereocenters. The standard InChI is InChI=1S/C37H31N3O4S2/c1-4-43-26-18-16-25(17-19-26)34-32(36(42)44-5-2)33(24-11-7-6-8-12-24)38-37-40(34)35(41)31(46-37)22-23-15-20-28-30(21-23)45-29-14-10-9-13-27(29)39(28)3/h6-22,34H,4-5H2,1-3H3/b31-22-/t34-/m1/s1. The summed E-state index contributed by atoms with van der Waals surface area (Å²) in [5.74, 6) is 0.205. The van der Waals surface area contributed by atoms with E-state index in [9.17, 15) is 9.59 Å². The van der Waals surface area contributed by atoms with Crippen LogP contribution in [0, 0.1) is 0 Å². The van der Waals surface area contributed by atoms with E-state index in [2.05, 4.69) is 36.2 Å². The molecule has 0 fully saturated rings. The Bertz CT molecular complexity index is 2170. The zero-order chi connectivity index (χ0) is 31.8. The lowest BCUT2D eigenvalue weighted by Crippen LogP contribution is -2.40. The van der Waals surface area contributed by atoms with Gasteiger partial charge in [-0.3, -0.25) is 9.36 Å². The van der Waals surface area contributed by atoms with Gasteiger partial charge in [0.05, 0.1) is 46.4 Å². The summed E-state index contributed by atoms with van der Waals surface area (Å²) in [4.78, 5) is 38.0. The predicted octanol–water partition coefficient (Wildman–Crippen LogP) is 6.57. The molecule has 7 rings (SSSR count). The first-order valence-electron chi connectivity index (χ1n) is 15.1. The first-order chi connectivity index (χ1) is 22.5. The lowest BCUT2D eigenvalue weighted by molar-refractivity contribution is -0.138. The van der Waals surface area contributed by atoms with Crippen molar-refractivity contribution in [2.24, 2.45) is 4.99 Å². The Balaban J connectivity index is 1.40. The van der Waals surface area contributed by atoms with Gasteiger partial charge in [-0.05, 0) is 67.4 Å². The van der Waals surface area contributed by atoms with Gasteiger partial charge in [0.1, 0.15) is 5.75 Å². The van der Waals surface area contributed by atoms with Crippen LogP contribution in [0.25, 0.3) is 11.8 Å². The average molecular weight is 646 g/mol. The Kier molecular flexibility index (Phi) is 8.11. The van der Waals surface area contributed by atoms with Gasteiger partial charge in [0.2, 0.25) is 0 Å². The zero-order valence-electron chi connectivity index (χ0n) is 25.6. The largest absolute Gasteiger partial charge is 0.494 e. The van der Waals surface area contributed by atoms with E-state index in [0.717, 1.165) is 27.3 Å². The molecule has 0 spiro atoms. The van der Waals surface area contributed by atoms with Crippen molar-refractivity contribution < 1.29 is 14.3 Å². The molecule has 5 aromatic rings. The number of nitrogens with zero attached hydrogens (tertiary/aromatic N) is 3. The molecule has 0 aliphatic carbocycles.